The summed E-state index contributed by atoms with van der Waals surface area (Å²) in [6.07, 6.45) is 0.142. The van der Waals surface area contributed by atoms with E-state index in [9.17, 15) is 36.3 Å². The lowest BCUT2D eigenvalue weighted by Crippen LogP contribution is -2.45. The lowest BCUT2D eigenvalue weighted by atomic mass is 10.1. The molecule has 6 rings (SSSR count). The van der Waals surface area contributed by atoms with Crippen LogP contribution in [0.1, 0.15) is 43.0 Å². The third-order valence-corrected chi connectivity index (χ3v) is 10.8. The number of nitrogens with zero attached hydrogens (tertiary/aromatic N) is 7. The van der Waals surface area contributed by atoms with E-state index in [0.717, 1.165) is 24.6 Å². The Morgan fingerprint density at radius 3 is 2.51 bits per heavy atom. The molecule has 20 heteroatoms. The van der Waals surface area contributed by atoms with Gasteiger partial charge in [0, 0.05) is 23.5 Å². The minimum absolute atomic E-state index is 0.0806. The number of nitriles is 1. The number of H-pyrrole nitrogens is 1. The number of amides is 2. The second kappa shape index (κ2) is 16.3. The molecule has 0 spiro atoms. The number of fused-ring (bicyclic) bond motifs is 1. The van der Waals surface area contributed by atoms with Gasteiger partial charge in [-0.2, -0.15) is 23.5 Å². The van der Waals surface area contributed by atoms with Crippen LogP contribution >= 0.6 is 0 Å². The lowest BCUT2D eigenvalue weighted by molar-refractivity contribution is -0.138. The van der Waals surface area contributed by atoms with Crippen molar-refractivity contribution in [2.75, 3.05) is 41.0 Å². The molecular weight excluding hydrogens is 770 g/mol. The van der Waals surface area contributed by atoms with E-state index >= 15 is 0 Å². The Hall–Kier alpha value is -6.46. The molecule has 2 aromatic carbocycles. The fourth-order valence-corrected chi connectivity index (χ4v) is 7.52. The lowest BCUT2D eigenvalue weighted by Gasteiger charge is -2.28. The molecule has 296 valence electrons. The van der Waals surface area contributed by atoms with Gasteiger partial charge in [-0.15, -0.1) is 0 Å². The van der Waals surface area contributed by atoms with Gasteiger partial charge in [-0.1, -0.05) is 0 Å². The van der Waals surface area contributed by atoms with Crippen molar-refractivity contribution in [3.8, 4) is 34.6 Å². The zero-order chi connectivity index (χ0) is 41.0. The van der Waals surface area contributed by atoms with E-state index in [4.69, 9.17) is 15.0 Å². The van der Waals surface area contributed by atoms with Crippen LogP contribution in [0, 0.1) is 18.3 Å². The third kappa shape index (κ3) is 9.33. The molecule has 16 nitrogen and oxygen atoms in total. The number of nitrogens with one attached hydrogen (secondary N) is 3. The largest absolute Gasteiger partial charge is 0.494 e. The maximum absolute atomic E-state index is 13.3. The monoisotopic (exact) mass is 804 g/mol. The first-order chi connectivity index (χ1) is 27.1. The van der Waals surface area contributed by atoms with Crippen molar-refractivity contribution in [1.82, 2.24) is 30.1 Å². The quantitative estimate of drug-likeness (QED) is 0.112. The number of benzene rings is 2. The number of hydrogen-bond acceptors (Lipinski definition) is 13. The van der Waals surface area contributed by atoms with Crippen LogP contribution in [0.2, 0.25) is 0 Å². The van der Waals surface area contributed by atoms with Gasteiger partial charge in [0.25, 0.3) is 5.91 Å². The molecule has 2 amide bonds. The Morgan fingerprint density at radius 2 is 1.82 bits per heavy atom. The number of unbranched alkanes of at least 4 members (excludes halogenated alkanes) is 2. The standard InChI is InChI=1S/C37H35F3N10O6S/c1-22-27(12-13-29(46-22)32-44-21-45-49-32)30-18-42-33-34(48-30)50(31(51)19-43-33)14-4-3-5-15-56-25-8-10-26(11-9-25)57(54,55)20-36(2,53)35(52)47-24-7-6-23(17-41)28(16-24)37(38,39)40/h6-13,16,18,21,53H,3-5,14-15,19-20H2,1-2H3,(H,42,43)(H,47,52)(H,44,45,49). The van der Waals surface area contributed by atoms with Crippen molar-refractivity contribution in [1.29, 1.82) is 5.26 Å². The minimum Gasteiger partial charge on any atom is -0.494 e. The molecule has 3 aromatic heterocycles. The number of rotatable bonds is 14. The first-order valence-corrected chi connectivity index (χ1v) is 19.1. The highest BCUT2D eigenvalue weighted by Crippen LogP contribution is 2.34. The van der Waals surface area contributed by atoms with Crippen LogP contribution < -0.4 is 20.3 Å². The number of alkyl halides is 3. The fraction of sp³-hybridized carbons (Fsp3) is 0.297. The number of anilines is 3. The van der Waals surface area contributed by atoms with Crippen LogP contribution in [0.3, 0.4) is 0 Å². The first kappa shape index (κ1) is 40.2. The topological polar surface area (TPSA) is 229 Å². The molecule has 1 aliphatic rings. The molecule has 1 atom stereocenters. The van der Waals surface area contributed by atoms with Crippen molar-refractivity contribution in [3.05, 3.63) is 83.9 Å². The van der Waals surface area contributed by atoms with Gasteiger partial charge in [0.15, 0.2) is 32.9 Å². The number of pyridine rings is 1. The highest BCUT2D eigenvalue weighted by Gasteiger charge is 2.38. The number of aryl methyl sites for hydroxylation is 1. The predicted molar refractivity (Wildman–Crippen MR) is 199 cm³/mol. The number of carbonyl (C=O) groups is 2. The van der Waals surface area contributed by atoms with Gasteiger partial charge in [-0.25, -0.2) is 28.4 Å². The summed E-state index contributed by atoms with van der Waals surface area (Å²) in [6.45, 7) is 3.53. The maximum atomic E-state index is 13.3. The second-order valence-corrected chi connectivity index (χ2v) is 15.2. The van der Waals surface area contributed by atoms with Crippen molar-refractivity contribution < 1.29 is 41.0 Å². The zero-order valence-corrected chi connectivity index (χ0v) is 31.3. The van der Waals surface area contributed by atoms with Crippen LogP contribution in [0.5, 0.6) is 5.75 Å². The Labute approximate surface area is 324 Å². The first-order valence-electron chi connectivity index (χ1n) is 17.4. The van der Waals surface area contributed by atoms with Crippen molar-refractivity contribution >= 4 is 39.0 Å². The van der Waals surface area contributed by atoms with Gasteiger partial charge in [0.1, 0.15) is 17.8 Å². The summed E-state index contributed by atoms with van der Waals surface area (Å²) in [7, 11) is -4.26. The fourth-order valence-electron chi connectivity index (χ4n) is 5.93. The molecule has 57 heavy (non-hydrogen) atoms. The Kier molecular flexibility index (Phi) is 11.5. The number of aliphatic hydroxyl groups is 1. The molecule has 1 unspecified atom stereocenters. The van der Waals surface area contributed by atoms with Crippen LogP contribution in [-0.2, 0) is 25.6 Å². The molecule has 4 heterocycles. The molecule has 0 saturated heterocycles. The molecule has 0 bridgehead atoms. The van der Waals surface area contributed by atoms with Crippen LogP contribution in [0.4, 0.5) is 30.5 Å². The van der Waals surface area contributed by atoms with Crippen LogP contribution in [-0.4, -0.2) is 86.5 Å². The highest BCUT2D eigenvalue weighted by molar-refractivity contribution is 7.91. The minimum atomic E-state index is -4.89. The Bertz CT molecular complexity index is 2440. The SMILES string of the molecule is Cc1nc(-c2nc[nH]n2)ccc1-c1cnc2c(n1)N(CCCCCOc1ccc(S(=O)(=O)CC(C)(O)C(=O)Nc3ccc(C#N)c(C(F)(F)F)c3)cc1)C(=O)CN2. The Balaban J connectivity index is 0.989. The molecule has 0 saturated carbocycles. The molecule has 0 radical (unpaired) electrons. The molecule has 4 N–H and O–H groups in total. The highest BCUT2D eigenvalue weighted by atomic mass is 32.2. The molecular formula is C37H35F3N10O6S. The molecule has 1 aliphatic heterocycles. The predicted octanol–water partition coefficient (Wildman–Crippen LogP) is 4.69. The average Bonchev–Trinajstić information content (AvgIpc) is 3.72. The van der Waals surface area contributed by atoms with Crippen molar-refractivity contribution in [3.63, 3.8) is 0 Å². The number of ether oxygens (including phenoxy) is 1. The van der Waals surface area contributed by atoms with E-state index in [0.29, 0.717) is 78.8 Å². The number of aromatic amines is 1. The second-order valence-electron chi connectivity index (χ2n) is 13.2. The van der Waals surface area contributed by atoms with Gasteiger partial charge in [-0.05, 0) is 87.7 Å². The van der Waals surface area contributed by atoms with E-state index in [1.165, 1.54) is 36.7 Å². The van der Waals surface area contributed by atoms with E-state index < -0.39 is 44.4 Å². The summed E-state index contributed by atoms with van der Waals surface area (Å²) in [5.74, 6) is -0.739. The number of aromatic nitrogens is 6. The molecule has 0 fully saturated rings. The maximum Gasteiger partial charge on any atom is 0.417 e. The van der Waals surface area contributed by atoms with Gasteiger partial charge in [0.05, 0.1) is 52.9 Å². The van der Waals surface area contributed by atoms with Crippen LogP contribution in [0.15, 0.2) is 72.0 Å². The number of sulfone groups is 1. The van der Waals surface area contributed by atoms with Crippen molar-refractivity contribution in [2.45, 2.75) is 49.8 Å². The number of hydrogen-bond donors (Lipinski definition) is 4. The zero-order valence-electron chi connectivity index (χ0n) is 30.5. The number of halogens is 3. The normalized spacial score (nSPS) is 13.9. The summed E-state index contributed by atoms with van der Waals surface area (Å²) in [5.41, 5.74) is -2.29. The smallest absolute Gasteiger partial charge is 0.417 e. The van der Waals surface area contributed by atoms with Crippen molar-refractivity contribution in [2.24, 2.45) is 0 Å². The summed E-state index contributed by atoms with van der Waals surface area (Å²) in [6, 6.07) is 12.8. The summed E-state index contributed by atoms with van der Waals surface area (Å²) >= 11 is 0. The third-order valence-electron chi connectivity index (χ3n) is 8.86. The van der Waals surface area contributed by atoms with E-state index in [2.05, 4.69) is 35.8 Å². The molecule has 0 aliphatic carbocycles. The van der Waals surface area contributed by atoms with Gasteiger partial charge in [-0.3, -0.25) is 19.6 Å². The summed E-state index contributed by atoms with van der Waals surface area (Å²) in [5, 5.41) is 31.5. The Morgan fingerprint density at radius 1 is 1.05 bits per heavy atom. The van der Waals surface area contributed by atoms with Gasteiger partial charge in [0.2, 0.25) is 5.91 Å². The van der Waals surface area contributed by atoms with Gasteiger partial charge < -0.3 is 20.5 Å². The summed E-state index contributed by atoms with van der Waals surface area (Å²) in [4.78, 5) is 45.1. The number of carbonyl (C=O) groups excluding carboxylic acids is 2. The van der Waals surface area contributed by atoms with E-state index in [-0.39, 0.29) is 23.0 Å². The van der Waals surface area contributed by atoms with E-state index in [1.54, 1.807) is 17.2 Å². The van der Waals surface area contributed by atoms with Crippen LogP contribution in [0.25, 0.3) is 22.8 Å². The van der Waals surface area contributed by atoms with Gasteiger partial charge >= 0.3 is 6.18 Å². The van der Waals surface area contributed by atoms with E-state index in [1.807, 2.05) is 13.0 Å². The summed E-state index contributed by atoms with van der Waals surface area (Å²) < 4.78 is 72.0. The average molecular weight is 805 g/mol. The molecule has 5 aromatic rings.